The number of ether oxygens (including phenoxy) is 1. The van der Waals surface area contributed by atoms with E-state index in [2.05, 4.69) is 9.72 Å². The molecule has 0 saturated heterocycles. The van der Waals surface area contributed by atoms with Crippen molar-refractivity contribution in [1.82, 2.24) is 4.98 Å². The number of nitrogens with zero attached hydrogens (tertiary/aromatic N) is 1. The minimum atomic E-state index is -5.02. The Bertz CT molecular complexity index is 722. The van der Waals surface area contributed by atoms with Crippen molar-refractivity contribution in [2.45, 2.75) is 12.4 Å². The molecule has 0 spiro atoms. The van der Waals surface area contributed by atoms with E-state index in [1.807, 2.05) is 0 Å². The Labute approximate surface area is 125 Å². The molecule has 0 fully saturated rings. The maximum absolute atomic E-state index is 13.5. The molecule has 0 amide bonds. The van der Waals surface area contributed by atoms with E-state index in [-0.39, 0.29) is 5.56 Å². The summed E-state index contributed by atoms with van der Waals surface area (Å²) in [6.45, 7) is 0. The zero-order valence-electron chi connectivity index (χ0n) is 11.4. The smallest absolute Gasteiger partial charge is 0.437 e. The molecule has 2 nitrogen and oxygen atoms in total. The number of rotatable bonds is 2. The second-order valence-electron chi connectivity index (χ2n) is 4.43. The van der Waals surface area contributed by atoms with Crippen LogP contribution in [0.3, 0.4) is 0 Å². The maximum Gasteiger partial charge on any atom is 0.437 e. The van der Waals surface area contributed by atoms with Gasteiger partial charge in [0, 0.05) is 11.8 Å². The fraction of sp³-hybridized carbons (Fsp3) is 0.214. The first kappa shape index (κ1) is 17.0. The monoisotopic (exact) mass is 339 g/mol. The molecule has 0 aliphatic rings. The molecule has 0 radical (unpaired) electrons. The Hall–Kier alpha value is -2.32. The van der Waals surface area contributed by atoms with Crippen LogP contribution in [0.25, 0.3) is 11.1 Å². The molecule has 23 heavy (non-hydrogen) atoms. The van der Waals surface area contributed by atoms with E-state index < -0.39 is 40.7 Å². The Morgan fingerprint density at radius 1 is 1.00 bits per heavy atom. The third-order valence-corrected chi connectivity index (χ3v) is 2.95. The molecule has 0 saturated carbocycles. The van der Waals surface area contributed by atoms with Gasteiger partial charge in [0.05, 0.1) is 12.7 Å². The Morgan fingerprint density at radius 3 is 2.17 bits per heavy atom. The third kappa shape index (κ3) is 3.38. The lowest BCUT2D eigenvalue weighted by atomic mass is 9.99. The predicted octanol–water partition coefficient (Wildman–Crippen LogP) is 4.93. The lowest BCUT2D eigenvalue weighted by molar-refractivity contribution is -0.142. The molecule has 0 aliphatic heterocycles. The van der Waals surface area contributed by atoms with Crippen LogP contribution in [0, 0.1) is 5.82 Å². The summed E-state index contributed by atoms with van der Waals surface area (Å²) in [5, 5.41) is 0. The highest BCUT2D eigenvalue weighted by Crippen LogP contribution is 2.41. The van der Waals surface area contributed by atoms with Crippen molar-refractivity contribution in [3.05, 3.63) is 47.5 Å². The average molecular weight is 339 g/mol. The Kier molecular flexibility index (Phi) is 4.23. The van der Waals surface area contributed by atoms with Crippen LogP contribution >= 0.6 is 0 Å². The molecule has 0 unspecified atom stereocenters. The van der Waals surface area contributed by atoms with E-state index in [1.165, 1.54) is 0 Å². The van der Waals surface area contributed by atoms with E-state index in [0.717, 1.165) is 25.3 Å². The number of halogens is 7. The van der Waals surface area contributed by atoms with Gasteiger partial charge in [-0.25, -0.2) is 9.37 Å². The Balaban J connectivity index is 2.68. The van der Waals surface area contributed by atoms with Crippen LogP contribution in [-0.4, -0.2) is 12.1 Å². The lowest BCUT2D eigenvalue weighted by Gasteiger charge is -2.16. The minimum absolute atomic E-state index is 0.346. The van der Waals surface area contributed by atoms with Crippen molar-refractivity contribution in [3.8, 4) is 16.9 Å². The lowest BCUT2D eigenvalue weighted by Crippen LogP contribution is -2.12. The van der Waals surface area contributed by atoms with Gasteiger partial charge in [0.25, 0.3) is 0 Å². The van der Waals surface area contributed by atoms with Crippen LogP contribution in [0.4, 0.5) is 30.7 Å². The molecule has 124 valence electrons. The highest BCUT2D eigenvalue weighted by Gasteiger charge is 2.39. The number of hydrogen-bond donors (Lipinski definition) is 0. The Morgan fingerprint density at radius 2 is 1.65 bits per heavy atom. The fourth-order valence-electron chi connectivity index (χ4n) is 2.01. The van der Waals surface area contributed by atoms with Crippen LogP contribution in [0.2, 0.25) is 0 Å². The molecule has 1 aromatic heterocycles. The van der Waals surface area contributed by atoms with Gasteiger partial charge in [0.1, 0.15) is 11.6 Å². The van der Waals surface area contributed by atoms with Gasteiger partial charge in [-0.2, -0.15) is 26.3 Å². The van der Waals surface area contributed by atoms with Crippen molar-refractivity contribution in [2.75, 3.05) is 7.11 Å². The first-order chi connectivity index (χ1) is 10.6. The summed E-state index contributed by atoms with van der Waals surface area (Å²) < 4.78 is 95.1. The molecule has 2 aromatic rings. The number of aromatic nitrogens is 1. The van der Waals surface area contributed by atoms with Gasteiger partial charge < -0.3 is 4.74 Å². The summed E-state index contributed by atoms with van der Waals surface area (Å²) in [6, 6.07) is 3.31. The van der Waals surface area contributed by atoms with Crippen molar-refractivity contribution in [1.29, 1.82) is 0 Å². The second-order valence-corrected chi connectivity index (χ2v) is 4.43. The maximum atomic E-state index is 13.5. The number of pyridine rings is 1. The third-order valence-electron chi connectivity index (χ3n) is 2.95. The van der Waals surface area contributed by atoms with Crippen molar-refractivity contribution in [3.63, 3.8) is 0 Å². The second kappa shape index (κ2) is 5.71. The van der Waals surface area contributed by atoms with E-state index >= 15 is 0 Å². The molecular weight excluding hydrogens is 331 g/mol. The van der Waals surface area contributed by atoms with Gasteiger partial charge in [-0.3, -0.25) is 0 Å². The van der Waals surface area contributed by atoms with Gasteiger partial charge in [0.15, 0.2) is 5.69 Å². The highest BCUT2D eigenvalue weighted by molar-refractivity contribution is 5.69. The quantitative estimate of drug-likeness (QED) is 0.724. The van der Waals surface area contributed by atoms with Gasteiger partial charge in [-0.05, 0) is 17.7 Å². The van der Waals surface area contributed by atoms with Gasteiger partial charge in [-0.1, -0.05) is 12.1 Å². The van der Waals surface area contributed by atoms with Crippen LogP contribution < -0.4 is 4.74 Å². The molecule has 0 atom stereocenters. The van der Waals surface area contributed by atoms with Crippen LogP contribution in [0.15, 0.2) is 30.5 Å². The topological polar surface area (TPSA) is 22.1 Å². The average Bonchev–Trinajstić information content (AvgIpc) is 2.44. The first-order valence-electron chi connectivity index (χ1n) is 6.03. The highest BCUT2D eigenvalue weighted by atomic mass is 19.4. The van der Waals surface area contributed by atoms with Crippen LogP contribution in [0.1, 0.15) is 11.3 Å². The summed E-state index contributed by atoms with van der Waals surface area (Å²) in [6.07, 6.45) is -9.26. The number of hydrogen-bond acceptors (Lipinski definition) is 2. The molecule has 2 rings (SSSR count). The zero-order valence-corrected chi connectivity index (χ0v) is 11.4. The SMILES string of the molecule is COc1cc(-c2cccc(F)c2C(F)(F)F)cnc1C(F)(F)F. The van der Waals surface area contributed by atoms with E-state index in [0.29, 0.717) is 12.3 Å². The molecular formula is C14H8F7NO. The summed E-state index contributed by atoms with van der Waals surface area (Å²) in [4.78, 5) is 3.11. The van der Waals surface area contributed by atoms with E-state index in [9.17, 15) is 30.7 Å². The van der Waals surface area contributed by atoms with Crippen molar-refractivity contribution >= 4 is 0 Å². The molecule has 1 heterocycles. The normalized spacial score (nSPS) is 12.3. The van der Waals surface area contributed by atoms with Crippen molar-refractivity contribution in [2.24, 2.45) is 0 Å². The molecule has 9 heteroatoms. The van der Waals surface area contributed by atoms with Crippen LogP contribution in [0.5, 0.6) is 5.75 Å². The molecule has 0 N–H and O–H groups in total. The van der Waals surface area contributed by atoms with Gasteiger partial charge in [0.2, 0.25) is 0 Å². The number of methoxy groups -OCH3 is 1. The molecule has 0 aliphatic carbocycles. The van der Waals surface area contributed by atoms with E-state index in [4.69, 9.17) is 0 Å². The predicted molar refractivity (Wildman–Crippen MR) is 66.2 cm³/mol. The number of benzene rings is 1. The largest absolute Gasteiger partial charge is 0.494 e. The van der Waals surface area contributed by atoms with Crippen molar-refractivity contribution < 1.29 is 35.5 Å². The fourth-order valence-corrected chi connectivity index (χ4v) is 2.01. The summed E-state index contributed by atoms with van der Waals surface area (Å²) in [5.74, 6) is -2.29. The van der Waals surface area contributed by atoms with Crippen LogP contribution in [-0.2, 0) is 12.4 Å². The summed E-state index contributed by atoms with van der Waals surface area (Å²) >= 11 is 0. The van der Waals surface area contributed by atoms with E-state index in [1.54, 1.807) is 0 Å². The minimum Gasteiger partial charge on any atom is -0.494 e. The molecule has 0 bridgehead atoms. The standard InChI is InChI=1S/C14H8F7NO/c1-23-10-5-7(6-22-12(10)14(19,20)21)8-3-2-4-9(15)11(8)13(16,17)18/h2-6H,1H3. The number of alkyl halides is 6. The zero-order chi connectivity index (χ0) is 17.4. The summed E-state index contributed by atoms with van der Waals surface area (Å²) in [5.41, 5.74) is -3.93. The first-order valence-corrected chi connectivity index (χ1v) is 6.03. The molecule has 1 aromatic carbocycles. The van der Waals surface area contributed by atoms with Gasteiger partial charge >= 0.3 is 12.4 Å². The summed E-state index contributed by atoms with van der Waals surface area (Å²) in [7, 11) is 0.923. The van der Waals surface area contributed by atoms with Gasteiger partial charge in [-0.15, -0.1) is 0 Å².